The molecule has 1 aromatic heterocycles. The maximum absolute atomic E-state index is 15.4. The average molecular weight is 513 g/mol. The van der Waals surface area contributed by atoms with Gasteiger partial charge in [0.15, 0.2) is 11.6 Å². The van der Waals surface area contributed by atoms with Gasteiger partial charge in [-0.15, -0.1) is 0 Å². The van der Waals surface area contributed by atoms with Gasteiger partial charge in [0.1, 0.15) is 11.6 Å². The Morgan fingerprint density at radius 1 is 1.30 bits per heavy atom. The molecule has 3 aliphatic heterocycles. The number of nitrogens with zero attached hydrogens (tertiary/aromatic N) is 3. The molecule has 196 valence electrons. The second-order valence-electron chi connectivity index (χ2n) is 9.54. The van der Waals surface area contributed by atoms with E-state index in [-0.39, 0.29) is 47.3 Å². The van der Waals surface area contributed by atoms with Crippen LogP contribution in [-0.4, -0.2) is 66.6 Å². The van der Waals surface area contributed by atoms with E-state index < -0.39 is 17.5 Å². The fourth-order valence-electron chi connectivity index (χ4n) is 5.12. The molecule has 5 rings (SSSR count). The van der Waals surface area contributed by atoms with Crippen LogP contribution >= 0.6 is 0 Å². The molecule has 0 bridgehead atoms. The monoisotopic (exact) mass is 512 g/mol. The van der Waals surface area contributed by atoms with E-state index in [0.717, 1.165) is 12.8 Å². The largest absolute Gasteiger partial charge is 0.377 e. The Labute approximate surface area is 213 Å². The minimum atomic E-state index is -0.617. The highest BCUT2D eigenvalue weighted by molar-refractivity contribution is 6.03. The number of fused-ring (bicyclic) bond motifs is 1. The van der Waals surface area contributed by atoms with Crippen molar-refractivity contribution in [2.24, 2.45) is 0 Å². The van der Waals surface area contributed by atoms with Gasteiger partial charge in [0.2, 0.25) is 5.91 Å². The van der Waals surface area contributed by atoms with Gasteiger partial charge in [0.25, 0.3) is 5.91 Å². The standard InChI is InChI=1S/C26H30F2N6O3/c1-3-21(35)33-8-4-5-17(13-33)31-25-23(28)18-12-29-26(36)22(18)24(32-25)30-16-6-7-20(19(27)11-16)34-9-10-37-14-15(34)2/h3,6-7,11,15,17H,1,4-5,8-10,12-14H2,2H3,(H,29,36)(H2,30,31,32). The van der Waals surface area contributed by atoms with Gasteiger partial charge in [-0.25, -0.2) is 13.8 Å². The van der Waals surface area contributed by atoms with Crippen molar-refractivity contribution in [3.05, 3.63) is 53.6 Å². The Balaban J connectivity index is 1.41. The third-order valence-electron chi connectivity index (χ3n) is 7.02. The summed E-state index contributed by atoms with van der Waals surface area (Å²) < 4.78 is 35.9. The second-order valence-corrected chi connectivity index (χ2v) is 9.54. The minimum absolute atomic E-state index is 0.0186. The Bertz CT molecular complexity index is 1240. The van der Waals surface area contributed by atoms with Crippen molar-refractivity contribution in [2.75, 3.05) is 48.4 Å². The predicted octanol–water partition coefficient (Wildman–Crippen LogP) is 3.16. The van der Waals surface area contributed by atoms with E-state index in [1.807, 2.05) is 11.8 Å². The smallest absolute Gasteiger partial charge is 0.255 e. The molecular formula is C26H30F2N6O3. The zero-order valence-electron chi connectivity index (χ0n) is 20.7. The Morgan fingerprint density at radius 2 is 2.14 bits per heavy atom. The van der Waals surface area contributed by atoms with Gasteiger partial charge in [-0.2, -0.15) is 0 Å². The molecule has 2 unspecified atom stereocenters. The number of rotatable bonds is 6. The summed E-state index contributed by atoms with van der Waals surface area (Å²) in [6.07, 6.45) is 2.74. The number of pyridine rings is 1. The Kier molecular flexibility index (Phi) is 6.96. The number of benzene rings is 1. The Hall–Kier alpha value is -3.73. The van der Waals surface area contributed by atoms with Crippen molar-refractivity contribution in [3.8, 4) is 0 Å². The summed E-state index contributed by atoms with van der Waals surface area (Å²) in [7, 11) is 0. The number of halogens is 2. The lowest BCUT2D eigenvalue weighted by molar-refractivity contribution is -0.127. The summed E-state index contributed by atoms with van der Waals surface area (Å²) in [6.45, 7) is 8.17. The number of morpholine rings is 1. The molecule has 11 heteroatoms. The summed E-state index contributed by atoms with van der Waals surface area (Å²) >= 11 is 0. The van der Waals surface area contributed by atoms with E-state index in [4.69, 9.17) is 4.74 Å². The van der Waals surface area contributed by atoms with Gasteiger partial charge in [0.05, 0.1) is 24.5 Å². The minimum Gasteiger partial charge on any atom is -0.377 e. The van der Waals surface area contributed by atoms with E-state index in [9.17, 15) is 9.59 Å². The lowest BCUT2D eigenvalue weighted by Gasteiger charge is -2.35. The van der Waals surface area contributed by atoms with Crippen molar-refractivity contribution in [1.29, 1.82) is 0 Å². The number of ether oxygens (including phenoxy) is 1. The number of likely N-dealkylation sites (tertiary alicyclic amines) is 1. The van der Waals surface area contributed by atoms with Gasteiger partial charge < -0.3 is 30.5 Å². The molecule has 0 spiro atoms. The quantitative estimate of drug-likeness (QED) is 0.512. The zero-order valence-corrected chi connectivity index (χ0v) is 20.7. The molecule has 2 fully saturated rings. The molecule has 2 atom stereocenters. The van der Waals surface area contributed by atoms with Gasteiger partial charge in [-0.3, -0.25) is 9.59 Å². The summed E-state index contributed by atoms with van der Waals surface area (Å²) in [5.41, 5.74) is 1.14. The summed E-state index contributed by atoms with van der Waals surface area (Å²) in [6, 6.07) is 4.55. The molecule has 2 amide bonds. The maximum Gasteiger partial charge on any atom is 0.255 e. The van der Waals surface area contributed by atoms with E-state index in [1.165, 1.54) is 12.1 Å². The number of anilines is 4. The topological polar surface area (TPSA) is 98.8 Å². The third kappa shape index (κ3) is 4.95. The van der Waals surface area contributed by atoms with Crippen molar-refractivity contribution >= 4 is 34.8 Å². The van der Waals surface area contributed by atoms with Crippen LogP contribution in [0.5, 0.6) is 0 Å². The molecule has 1 aromatic carbocycles. The summed E-state index contributed by atoms with van der Waals surface area (Å²) in [4.78, 5) is 32.6. The van der Waals surface area contributed by atoms with E-state index in [0.29, 0.717) is 44.2 Å². The van der Waals surface area contributed by atoms with Crippen LogP contribution in [0.25, 0.3) is 0 Å². The maximum atomic E-state index is 15.4. The number of hydrogen-bond donors (Lipinski definition) is 3. The Morgan fingerprint density at radius 3 is 2.89 bits per heavy atom. The van der Waals surface area contributed by atoms with Crippen LogP contribution in [0.4, 0.5) is 31.8 Å². The first kappa shape index (κ1) is 24.9. The number of amides is 2. The number of carbonyl (C=O) groups excluding carboxylic acids is 2. The third-order valence-corrected chi connectivity index (χ3v) is 7.02. The highest BCUT2D eigenvalue weighted by atomic mass is 19.1. The van der Waals surface area contributed by atoms with Crippen molar-refractivity contribution in [3.63, 3.8) is 0 Å². The van der Waals surface area contributed by atoms with Crippen LogP contribution < -0.4 is 20.9 Å². The molecule has 0 saturated carbocycles. The van der Waals surface area contributed by atoms with Crippen LogP contribution in [0.3, 0.4) is 0 Å². The van der Waals surface area contributed by atoms with Crippen LogP contribution in [0, 0.1) is 11.6 Å². The zero-order chi connectivity index (χ0) is 26.1. The van der Waals surface area contributed by atoms with Crippen LogP contribution in [-0.2, 0) is 16.1 Å². The molecule has 2 saturated heterocycles. The van der Waals surface area contributed by atoms with E-state index >= 15 is 8.78 Å². The number of hydrogen-bond acceptors (Lipinski definition) is 7. The molecule has 4 heterocycles. The van der Waals surface area contributed by atoms with E-state index in [1.54, 1.807) is 17.0 Å². The predicted molar refractivity (Wildman–Crippen MR) is 136 cm³/mol. The normalized spacial score (nSPS) is 21.3. The first-order chi connectivity index (χ1) is 17.9. The molecular weight excluding hydrogens is 482 g/mol. The first-order valence-electron chi connectivity index (χ1n) is 12.4. The lowest BCUT2D eigenvalue weighted by Crippen LogP contribution is -2.44. The summed E-state index contributed by atoms with van der Waals surface area (Å²) in [5, 5.41) is 8.77. The van der Waals surface area contributed by atoms with Crippen LogP contribution in [0.2, 0.25) is 0 Å². The second kappa shape index (κ2) is 10.3. The molecule has 3 aliphatic rings. The number of piperidine rings is 1. The first-order valence-corrected chi connectivity index (χ1v) is 12.4. The highest BCUT2D eigenvalue weighted by Gasteiger charge is 2.32. The van der Waals surface area contributed by atoms with Gasteiger partial charge in [0, 0.05) is 49.5 Å². The number of nitrogens with one attached hydrogen (secondary N) is 3. The van der Waals surface area contributed by atoms with Crippen molar-refractivity contribution < 1.29 is 23.1 Å². The SMILES string of the molecule is C=CC(=O)N1CCCC(Nc2nc(Nc3ccc(N4CCOCC4C)c(F)c3)c3c(c2F)CNC3=O)C1. The molecule has 37 heavy (non-hydrogen) atoms. The van der Waals surface area contributed by atoms with Crippen molar-refractivity contribution in [2.45, 2.75) is 38.4 Å². The number of aromatic nitrogens is 1. The van der Waals surface area contributed by atoms with Crippen molar-refractivity contribution in [1.82, 2.24) is 15.2 Å². The van der Waals surface area contributed by atoms with Gasteiger partial charge in [-0.1, -0.05) is 6.58 Å². The highest BCUT2D eigenvalue weighted by Crippen LogP contribution is 2.33. The fraction of sp³-hybridized carbons (Fsp3) is 0.423. The molecule has 0 radical (unpaired) electrons. The van der Waals surface area contributed by atoms with E-state index in [2.05, 4.69) is 27.5 Å². The summed E-state index contributed by atoms with van der Waals surface area (Å²) in [5.74, 6) is -1.55. The molecule has 9 nitrogen and oxygen atoms in total. The molecule has 2 aromatic rings. The van der Waals surface area contributed by atoms with Gasteiger partial charge >= 0.3 is 0 Å². The fourth-order valence-corrected chi connectivity index (χ4v) is 5.12. The average Bonchev–Trinajstić information content (AvgIpc) is 3.29. The molecule has 0 aliphatic carbocycles. The van der Waals surface area contributed by atoms with Crippen LogP contribution in [0.1, 0.15) is 35.7 Å². The van der Waals surface area contributed by atoms with Crippen LogP contribution in [0.15, 0.2) is 30.9 Å². The molecule has 3 N–H and O–H groups in total. The number of carbonyl (C=O) groups is 2. The van der Waals surface area contributed by atoms with Gasteiger partial charge in [-0.05, 0) is 44.0 Å². The lowest BCUT2D eigenvalue weighted by atomic mass is 10.0.